The minimum Gasteiger partial charge on any atom is -0.394 e. The standard InChI is InChI=1S/C10H13N3O5/c11-10(16)6-1-2-8(9(3-6)13(17)18)12-7(4-14)5-15/h1-3,7,12,14-15H,4-5H2,(H2,11,16). The number of aliphatic hydroxyl groups excluding tert-OH is 2. The monoisotopic (exact) mass is 255 g/mol. The first-order valence-electron chi connectivity index (χ1n) is 5.06. The fourth-order valence-electron chi connectivity index (χ4n) is 1.33. The smallest absolute Gasteiger partial charge is 0.293 e. The second-order valence-corrected chi connectivity index (χ2v) is 3.56. The molecule has 0 aliphatic rings. The maximum absolute atomic E-state index is 10.9. The number of amides is 1. The normalized spacial score (nSPS) is 10.4. The van der Waals surface area contributed by atoms with E-state index in [1.807, 2.05) is 0 Å². The molecule has 1 aromatic carbocycles. The van der Waals surface area contributed by atoms with Crippen LogP contribution in [0.2, 0.25) is 0 Å². The molecule has 0 atom stereocenters. The number of carbonyl (C=O) groups is 1. The number of nitrogens with two attached hydrogens (primary N) is 1. The summed E-state index contributed by atoms with van der Waals surface area (Å²) in [5, 5.41) is 31.2. The van der Waals surface area contributed by atoms with Crippen LogP contribution in [-0.2, 0) is 0 Å². The van der Waals surface area contributed by atoms with Crippen molar-refractivity contribution in [3.05, 3.63) is 33.9 Å². The summed E-state index contributed by atoms with van der Waals surface area (Å²) in [5.74, 6) is -0.773. The van der Waals surface area contributed by atoms with Gasteiger partial charge in [-0.1, -0.05) is 0 Å². The molecule has 0 saturated carbocycles. The van der Waals surface area contributed by atoms with Crippen molar-refractivity contribution in [1.29, 1.82) is 0 Å². The van der Waals surface area contributed by atoms with Gasteiger partial charge in [-0.05, 0) is 12.1 Å². The largest absolute Gasteiger partial charge is 0.394 e. The molecule has 0 bridgehead atoms. The number of nitro groups is 1. The highest BCUT2D eigenvalue weighted by atomic mass is 16.6. The highest BCUT2D eigenvalue weighted by Gasteiger charge is 2.18. The van der Waals surface area contributed by atoms with Crippen molar-refractivity contribution in [1.82, 2.24) is 0 Å². The zero-order chi connectivity index (χ0) is 13.7. The SMILES string of the molecule is NC(=O)c1ccc(NC(CO)CO)c([N+](=O)[O-])c1. The van der Waals surface area contributed by atoms with E-state index in [4.69, 9.17) is 15.9 Å². The van der Waals surface area contributed by atoms with E-state index >= 15 is 0 Å². The van der Waals surface area contributed by atoms with Gasteiger partial charge >= 0.3 is 0 Å². The first-order valence-corrected chi connectivity index (χ1v) is 5.06. The number of nitrogens with one attached hydrogen (secondary N) is 1. The molecule has 0 unspecified atom stereocenters. The van der Waals surface area contributed by atoms with Gasteiger partial charge in [0, 0.05) is 11.6 Å². The van der Waals surface area contributed by atoms with Gasteiger partial charge in [0.05, 0.1) is 24.2 Å². The number of aliphatic hydroxyl groups is 2. The second kappa shape index (κ2) is 5.94. The van der Waals surface area contributed by atoms with Gasteiger partial charge in [-0.15, -0.1) is 0 Å². The van der Waals surface area contributed by atoms with Crippen molar-refractivity contribution in [2.24, 2.45) is 5.73 Å². The quantitative estimate of drug-likeness (QED) is 0.397. The molecule has 8 heteroatoms. The summed E-state index contributed by atoms with van der Waals surface area (Å²) in [4.78, 5) is 21.1. The summed E-state index contributed by atoms with van der Waals surface area (Å²) in [7, 11) is 0. The predicted octanol–water partition coefficient (Wildman–Crippen LogP) is -0.541. The van der Waals surface area contributed by atoms with Crippen molar-refractivity contribution in [3.8, 4) is 0 Å². The Morgan fingerprint density at radius 1 is 1.44 bits per heavy atom. The highest BCUT2D eigenvalue weighted by Crippen LogP contribution is 2.26. The molecule has 0 heterocycles. The van der Waals surface area contributed by atoms with Crippen LogP contribution in [0.5, 0.6) is 0 Å². The number of anilines is 1. The first-order chi connectivity index (χ1) is 8.49. The van der Waals surface area contributed by atoms with E-state index in [9.17, 15) is 14.9 Å². The molecule has 0 aromatic heterocycles. The second-order valence-electron chi connectivity index (χ2n) is 3.56. The minimum absolute atomic E-state index is 0.0109. The van der Waals surface area contributed by atoms with Crippen LogP contribution in [0.4, 0.5) is 11.4 Å². The minimum atomic E-state index is -0.773. The van der Waals surface area contributed by atoms with Crippen LogP contribution in [0, 0.1) is 10.1 Å². The molecule has 0 aliphatic carbocycles. The lowest BCUT2D eigenvalue weighted by atomic mass is 10.1. The molecule has 98 valence electrons. The van der Waals surface area contributed by atoms with Gasteiger partial charge in [-0.2, -0.15) is 0 Å². The summed E-state index contributed by atoms with van der Waals surface area (Å²) in [5.41, 5.74) is 4.78. The number of primary amides is 1. The third-order valence-electron chi connectivity index (χ3n) is 2.28. The number of rotatable bonds is 6. The van der Waals surface area contributed by atoms with E-state index in [1.165, 1.54) is 12.1 Å². The van der Waals surface area contributed by atoms with E-state index in [2.05, 4.69) is 5.32 Å². The third kappa shape index (κ3) is 3.15. The zero-order valence-electron chi connectivity index (χ0n) is 9.37. The molecule has 1 aromatic rings. The maximum atomic E-state index is 10.9. The fourth-order valence-corrected chi connectivity index (χ4v) is 1.33. The number of benzene rings is 1. The summed E-state index contributed by atoms with van der Waals surface area (Å²) in [6.07, 6.45) is 0. The van der Waals surface area contributed by atoms with Gasteiger partial charge in [0.2, 0.25) is 5.91 Å². The molecular formula is C10H13N3O5. The summed E-state index contributed by atoms with van der Waals surface area (Å²) in [6, 6.07) is 2.94. The molecule has 0 fully saturated rings. The molecule has 0 saturated heterocycles. The lowest BCUT2D eigenvalue weighted by molar-refractivity contribution is -0.384. The topological polar surface area (TPSA) is 139 Å². The van der Waals surface area contributed by atoms with Gasteiger partial charge in [0.1, 0.15) is 5.69 Å². The zero-order valence-corrected chi connectivity index (χ0v) is 9.37. The van der Waals surface area contributed by atoms with Crippen LogP contribution >= 0.6 is 0 Å². The molecule has 1 amide bonds. The Labute approximate surface area is 102 Å². The van der Waals surface area contributed by atoms with Gasteiger partial charge in [0.25, 0.3) is 5.69 Å². The van der Waals surface area contributed by atoms with Crippen molar-refractivity contribution in [2.45, 2.75) is 6.04 Å². The average Bonchev–Trinajstić information content (AvgIpc) is 2.35. The molecule has 0 aliphatic heterocycles. The molecule has 18 heavy (non-hydrogen) atoms. The predicted molar refractivity (Wildman–Crippen MR) is 63.2 cm³/mol. The van der Waals surface area contributed by atoms with Crippen LogP contribution < -0.4 is 11.1 Å². The maximum Gasteiger partial charge on any atom is 0.293 e. The Bertz CT molecular complexity index is 459. The lowest BCUT2D eigenvalue weighted by Crippen LogP contribution is -2.28. The van der Waals surface area contributed by atoms with Gasteiger partial charge < -0.3 is 21.3 Å². The van der Waals surface area contributed by atoms with Crippen LogP contribution in [-0.4, -0.2) is 40.3 Å². The van der Waals surface area contributed by atoms with Crippen molar-refractivity contribution >= 4 is 17.3 Å². The van der Waals surface area contributed by atoms with Crippen LogP contribution in [0.1, 0.15) is 10.4 Å². The van der Waals surface area contributed by atoms with Crippen molar-refractivity contribution in [3.63, 3.8) is 0 Å². The van der Waals surface area contributed by atoms with Crippen LogP contribution in [0.15, 0.2) is 18.2 Å². The Balaban J connectivity index is 3.11. The van der Waals surface area contributed by atoms with Gasteiger partial charge in [-0.25, -0.2) is 0 Å². The van der Waals surface area contributed by atoms with E-state index < -0.39 is 16.9 Å². The van der Waals surface area contributed by atoms with Gasteiger partial charge in [-0.3, -0.25) is 14.9 Å². The number of hydrogen-bond acceptors (Lipinski definition) is 6. The molecule has 0 spiro atoms. The van der Waals surface area contributed by atoms with Crippen LogP contribution in [0.25, 0.3) is 0 Å². The molecule has 8 nitrogen and oxygen atoms in total. The number of hydrogen-bond donors (Lipinski definition) is 4. The van der Waals surface area contributed by atoms with Gasteiger partial charge in [0.15, 0.2) is 0 Å². The van der Waals surface area contributed by atoms with Crippen molar-refractivity contribution in [2.75, 3.05) is 18.5 Å². The first kappa shape index (κ1) is 13.9. The Kier molecular flexibility index (Phi) is 4.58. The van der Waals surface area contributed by atoms with E-state index in [-0.39, 0.29) is 30.2 Å². The van der Waals surface area contributed by atoms with E-state index in [0.717, 1.165) is 6.07 Å². The van der Waals surface area contributed by atoms with E-state index in [1.54, 1.807) is 0 Å². The number of nitrogens with zero attached hydrogens (tertiary/aromatic N) is 1. The average molecular weight is 255 g/mol. The summed E-state index contributed by atoms with van der Waals surface area (Å²) in [6.45, 7) is -0.767. The third-order valence-corrected chi connectivity index (χ3v) is 2.28. The Morgan fingerprint density at radius 3 is 2.50 bits per heavy atom. The fraction of sp³-hybridized carbons (Fsp3) is 0.300. The lowest BCUT2D eigenvalue weighted by Gasteiger charge is -2.14. The molecule has 1 rings (SSSR count). The highest BCUT2D eigenvalue weighted by molar-refractivity contribution is 5.94. The molecule has 0 radical (unpaired) electrons. The molecular weight excluding hydrogens is 242 g/mol. The Hall–Kier alpha value is -2.19. The van der Waals surface area contributed by atoms with Crippen LogP contribution in [0.3, 0.4) is 0 Å². The number of nitro benzene ring substituents is 1. The van der Waals surface area contributed by atoms with E-state index in [0.29, 0.717) is 0 Å². The number of carbonyl (C=O) groups excluding carboxylic acids is 1. The molecule has 5 N–H and O–H groups in total. The summed E-state index contributed by atoms with van der Waals surface area (Å²) < 4.78 is 0. The van der Waals surface area contributed by atoms with Crippen molar-refractivity contribution < 1.29 is 19.9 Å². The summed E-state index contributed by atoms with van der Waals surface area (Å²) >= 11 is 0. The Morgan fingerprint density at radius 2 is 2.06 bits per heavy atom.